The molecule has 196 valence electrons. The minimum Gasteiger partial charge on any atom is -0.357 e. The van der Waals surface area contributed by atoms with Crippen molar-refractivity contribution < 1.29 is 18.0 Å². The largest absolute Gasteiger partial charge is 0.357 e. The topological polar surface area (TPSA) is 86.8 Å². The molecule has 0 spiro atoms. The van der Waals surface area contributed by atoms with E-state index in [0.717, 1.165) is 9.87 Å². The Morgan fingerprint density at radius 1 is 0.946 bits per heavy atom. The first kappa shape index (κ1) is 28.5. The lowest BCUT2D eigenvalue weighted by molar-refractivity contribution is -0.140. The molecule has 0 aliphatic rings. The predicted octanol–water partition coefficient (Wildman–Crippen LogP) is 5.05. The lowest BCUT2D eigenvalue weighted by Crippen LogP contribution is -2.51. The van der Waals surface area contributed by atoms with Crippen LogP contribution in [0.5, 0.6) is 0 Å². The second-order valence-electron chi connectivity index (χ2n) is 8.40. The highest BCUT2D eigenvalue weighted by Crippen LogP contribution is 2.31. The highest BCUT2D eigenvalue weighted by Gasteiger charge is 2.34. The molecule has 0 saturated carbocycles. The number of hydrogen-bond donors (Lipinski definition) is 1. The molecule has 1 unspecified atom stereocenters. The van der Waals surface area contributed by atoms with Crippen LogP contribution in [0.15, 0.2) is 77.7 Å². The summed E-state index contributed by atoms with van der Waals surface area (Å²) in [7, 11) is -2.65. The molecule has 1 atom stereocenters. The van der Waals surface area contributed by atoms with Crippen molar-refractivity contribution in [2.24, 2.45) is 0 Å². The summed E-state index contributed by atoms with van der Waals surface area (Å²) < 4.78 is 28.6. The van der Waals surface area contributed by atoms with Crippen molar-refractivity contribution in [3.05, 3.63) is 94.0 Å². The Labute approximate surface area is 228 Å². The number of carbonyl (C=O) groups excluding carboxylic acids is 2. The van der Waals surface area contributed by atoms with E-state index >= 15 is 0 Å². The van der Waals surface area contributed by atoms with Gasteiger partial charge >= 0.3 is 0 Å². The van der Waals surface area contributed by atoms with Crippen LogP contribution >= 0.6 is 23.2 Å². The van der Waals surface area contributed by atoms with Crippen molar-refractivity contribution in [2.75, 3.05) is 17.9 Å². The lowest BCUT2D eigenvalue weighted by atomic mass is 10.1. The smallest absolute Gasteiger partial charge is 0.264 e. The van der Waals surface area contributed by atoms with Crippen molar-refractivity contribution in [3.63, 3.8) is 0 Å². The summed E-state index contributed by atoms with van der Waals surface area (Å²) in [5, 5.41) is 3.51. The number of sulfonamides is 1. The fourth-order valence-electron chi connectivity index (χ4n) is 3.97. The summed E-state index contributed by atoms with van der Waals surface area (Å²) in [6.07, 6.45) is 0.334. The van der Waals surface area contributed by atoms with Gasteiger partial charge in [-0.15, -0.1) is 0 Å². The van der Waals surface area contributed by atoms with Gasteiger partial charge in [0.25, 0.3) is 10.0 Å². The molecule has 3 rings (SSSR count). The Kier molecular flexibility index (Phi) is 9.59. The predicted molar refractivity (Wildman–Crippen MR) is 147 cm³/mol. The van der Waals surface area contributed by atoms with E-state index in [0.29, 0.717) is 22.0 Å². The Balaban J connectivity index is 2.09. The number of nitrogens with one attached hydrogen (secondary N) is 1. The molecule has 0 fully saturated rings. The van der Waals surface area contributed by atoms with Gasteiger partial charge in [-0.2, -0.15) is 0 Å². The van der Waals surface area contributed by atoms with Crippen molar-refractivity contribution in [2.45, 2.75) is 37.8 Å². The van der Waals surface area contributed by atoms with Crippen LogP contribution in [-0.2, 0) is 26.2 Å². The van der Waals surface area contributed by atoms with Gasteiger partial charge in [0, 0.05) is 23.6 Å². The van der Waals surface area contributed by atoms with Crippen LogP contribution < -0.4 is 9.62 Å². The fourth-order valence-corrected chi connectivity index (χ4v) is 5.76. The van der Waals surface area contributed by atoms with Crippen molar-refractivity contribution in [1.82, 2.24) is 10.2 Å². The molecule has 37 heavy (non-hydrogen) atoms. The van der Waals surface area contributed by atoms with Crippen molar-refractivity contribution in [1.29, 1.82) is 0 Å². The van der Waals surface area contributed by atoms with E-state index in [2.05, 4.69) is 5.32 Å². The van der Waals surface area contributed by atoms with E-state index in [1.807, 2.05) is 0 Å². The van der Waals surface area contributed by atoms with E-state index in [9.17, 15) is 18.0 Å². The van der Waals surface area contributed by atoms with Gasteiger partial charge in [-0.25, -0.2) is 8.42 Å². The van der Waals surface area contributed by atoms with Gasteiger partial charge in [0.2, 0.25) is 11.8 Å². The third-order valence-corrected chi connectivity index (χ3v) is 8.45. The van der Waals surface area contributed by atoms with Gasteiger partial charge in [-0.3, -0.25) is 13.9 Å². The molecule has 0 aliphatic heterocycles. The van der Waals surface area contributed by atoms with Crippen LogP contribution in [0, 0.1) is 6.92 Å². The zero-order chi connectivity index (χ0) is 27.2. The molecule has 2 amide bonds. The summed E-state index contributed by atoms with van der Waals surface area (Å²) in [6.45, 7) is 3.05. The average molecular weight is 563 g/mol. The Bertz CT molecular complexity index is 1350. The lowest BCUT2D eigenvalue weighted by Gasteiger charge is -2.33. The molecular weight excluding hydrogens is 533 g/mol. The van der Waals surface area contributed by atoms with Crippen LogP contribution in [0.2, 0.25) is 10.0 Å². The molecule has 0 saturated heterocycles. The second kappa shape index (κ2) is 12.4. The number of likely N-dealkylation sites (N-methyl/N-ethyl adjacent to an activating group) is 1. The van der Waals surface area contributed by atoms with Crippen LogP contribution in [0.4, 0.5) is 5.69 Å². The first-order chi connectivity index (χ1) is 17.6. The van der Waals surface area contributed by atoms with E-state index in [1.54, 1.807) is 74.5 Å². The van der Waals surface area contributed by atoms with E-state index in [1.165, 1.54) is 24.1 Å². The minimum atomic E-state index is -4.15. The average Bonchev–Trinajstić information content (AvgIpc) is 2.90. The molecule has 0 radical (unpaired) electrons. The van der Waals surface area contributed by atoms with E-state index in [-0.39, 0.29) is 23.0 Å². The number of nitrogens with zero attached hydrogens (tertiary/aromatic N) is 2. The summed E-state index contributed by atoms with van der Waals surface area (Å²) in [6, 6.07) is 18.9. The third kappa shape index (κ3) is 6.63. The standard InChI is InChI=1S/C27H29Cl2N3O4S/c1-4-24(27(34)30-3)31(17-20-13-15-21(28)16-14-20)26(33)18-32(25-12-8-11-23(29)19(25)2)37(35,36)22-9-6-5-7-10-22/h5-16,24H,4,17-18H2,1-3H3,(H,30,34). The zero-order valence-electron chi connectivity index (χ0n) is 20.8. The number of hydrogen-bond acceptors (Lipinski definition) is 4. The highest BCUT2D eigenvalue weighted by molar-refractivity contribution is 7.92. The summed E-state index contributed by atoms with van der Waals surface area (Å²) >= 11 is 12.3. The number of benzene rings is 3. The van der Waals surface area contributed by atoms with Gasteiger partial charge in [-0.1, -0.05) is 66.5 Å². The highest BCUT2D eigenvalue weighted by atomic mass is 35.5. The minimum absolute atomic E-state index is 0.0322. The number of rotatable bonds is 10. The van der Waals surface area contributed by atoms with Gasteiger partial charge in [0.15, 0.2) is 0 Å². The molecule has 7 nitrogen and oxygen atoms in total. The quantitative estimate of drug-likeness (QED) is 0.375. The number of amides is 2. The first-order valence-electron chi connectivity index (χ1n) is 11.7. The molecule has 10 heteroatoms. The van der Waals surface area contributed by atoms with Gasteiger partial charge in [0.1, 0.15) is 12.6 Å². The fraction of sp³-hybridized carbons (Fsp3) is 0.259. The van der Waals surface area contributed by atoms with Crippen LogP contribution in [0.25, 0.3) is 0 Å². The van der Waals surface area contributed by atoms with Crippen molar-refractivity contribution in [3.8, 4) is 0 Å². The molecule has 3 aromatic carbocycles. The summed E-state index contributed by atoms with van der Waals surface area (Å²) in [4.78, 5) is 28.0. The number of anilines is 1. The van der Waals surface area contributed by atoms with E-state index in [4.69, 9.17) is 23.2 Å². The van der Waals surface area contributed by atoms with Crippen LogP contribution in [0.3, 0.4) is 0 Å². The maximum Gasteiger partial charge on any atom is 0.264 e. The van der Waals surface area contributed by atoms with Gasteiger partial charge in [0.05, 0.1) is 10.6 Å². The van der Waals surface area contributed by atoms with Crippen LogP contribution in [0.1, 0.15) is 24.5 Å². The molecule has 1 N–H and O–H groups in total. The molecule has 0 aromatic heterocycles. The molecule has 0 bridgehead atoms. The van der Waals surface area contributed by atoms with E-state index < -0.39 is 28.5 Å². The molecule has 3 aromatic rings. The SMILES string of the molecule is CCC(C(=O)NC)N(Cc1ccc(Cl)cc1)C(=O)CN(c1cccc(Cl)c1C)S(=O)(=O)c1ccccc1. The summed E-state index contributed by atoms with van der Waals surface area (Å²) in [5.41, 5.74) is 1.54. The zero-order valence-corrected chi connectivity index (χ0v) is 23.1. The molecule has 0 heterocycles. The normalized spacial score (nSPS) is 12.0. The molecule has 0 aliphatic carbocycles. The van der Waals surface area contributed by atoms with Gasteiger partial charge < -0.3 is 10.2 Å². The number of carbonyl (C=O) groups is 2. The Morgan fingerprint density at radius 3 is 2.19 bits per heavy atom. The van der Waals surface area contributed by atoms with Gasteiger partial charge in [-0.05, 0) is 60.9 Å². The summed E-state index contributed by atoms with van der Waals surface area (Å²) in [5.74, 6) is -0.884. The molecular formula is C27H29Cl2N3O4S. The number of halogens is 2. The first-order valence-corrected chi connectivity index (χ1v) is 13.9. The maximum atomic E-state index is 13.9. The van der Waals surface area contributed by atoms with Crippen LogP contribution in [-0.4, -0.2) is 44.8 Å². The Morgan fingerprint density at radius 2 is 1.59 bits per heavy atom. The Hall–Kier alpha value is -3.07. The third-order valence-electron chi connectivity index (χ3n) is 6.02. The monoisotopic (exact) mass is 561 g/mol. The maximum absolute atomic E-state index is 13.9. The second-order valence-corrected chi connectivity index (χ2v) is 11.1. The van der Waals surface area contributed by atoms with Crippen molar-refractivity contribution >= 4 is 50.7 Å².